The van der Waals surface area contributed by atoms with Crippen molar-refractivity contribution in [3.63, 3.8) is 0 Å². The SMILES string of the molecule is CNC(=O)c1cc2c(nc1NCC(C)C)CCN(Cc1ccccn1)CC2. The van der Waals surface area contributed by atoms with Crippen LogP contribution in [0.4, 0.5) is 5.82 Å². The van der Waals surface area contributed by atoms with E-state index in [4.69, 9.17) is 4.98 Å². The zero-order valence-electron chi connectivity index (χ0n) is 16.5. The Morgan fingerprint density at radius 2 is 2.07 bits per heavy atom. The number of anilines is 1. The Morgan fingerprint density at radius 1 is 1.26 bits per heavy atom. The fraction of sp³-hybridized carbons (Fsp3) is 0.476. The van der Waals surface area contributed by atoms with Gasteiger partial charge in [0, 0.05) is 51.5 Å². The lowest BCUT2D eigenvalue weighted by Crippen LogP contribution is -2.26. The molecule has 0 bridgehead atoms. The van der Waals surface area contributed by atoms with Crippen molar-refractivity contribution in [2.45, 2.75) is 33.2 Å². The lowest BCUT2D eigenvalue weighted by molar-refractivity contribution is 0.0963. The Bertz CT molecular complexity index is 776. The number of rotatable bonds is 6. The van der Waals surface area contributed by atoms with E-state index in [1.165, 1.54) is 5.56 Å². The third-order valence-corrected chi connectivity index (χ3v) is 4.81. The summed E-state index contributed by atoms with van der Waals surface area (Å²) < 4.78 is 0. The average Bonchev–Trinajstić information content (AvgIpc) is 2.87. The van der Waals surface area contributed by atoms with Crippen LogP contribution in [0.25, 0.3) is 0 Å². The number of hydrogen-bond acceptors (Lipinski definition) is 5. The summed E-state index contributed by atoms with van der Waals surface area (Å²) in [5.41, 5.74) is 3.99. The number of carbonyl (C=O) groups excluding carboxylic acids is 1. The van der Waals surface area contributed by atoms with Gasteiger partial charge in [-0.25, -0.2) is 4.98 Å². The van der Waals surface area contributed by atoms with Gasteiger partial charge in [0.25, 0.3) is 5.91 Å². The second kappa shape index (κ2) is 8.95. The summed E-state index contributed by atoms with van der Waals surface area (Å²) >= 11 is 0. The van der Waals surface area contributed by atoms with Crippen LogP contribution in [0.1, 0.15) is 41.2 Å². The minimum atomic E-state index is -0.0915. The van der Waals surface area contributed by atoms with Gasteiger partial charge in [-0.3, -0.25) is 14.7 Å². The Labute approximate surface area is 161 Å². The molecule has 3 heterocycles. The molecule has 2 aromatic heterocycles. The number of pyridine rings is 2. The monoisotopic (exact) mass is 367 g/mol. The zero-order valence-corrected chi connectivity index (χ0v) is 16.5. The molecule has 0 atom stereocenters. The molecule has 0 saturated carbocycles. The van der Waals surface area contributed by atoms with Gasteiger partial charge >= 0.3 is 0 Å². The molecule has 2 aromatic rings. The van der Waals surface area contributed by atoms with E-state index in [-0.39, 0.29) is 5.91 Å². The number of amides is 1. The van der Waals surface area contributed by atoms with E-state index in [0.29, 0.717) is 17.3 Å². The van der Waals surface area contributed by atoms with Gasteiger partial charge in [-0.15, -0.1) is 0 Å². The van der Waals surface area contributed by atoms with Gasteiger partial charge in [-0.05, 0) is 36.1 Å². The van der Waals surface area contributed by atoms with Crippen LogP contribution in [-0.4, -0.2) is 47.5 Å². The minimum Gasteiger partial charge on any atom is -0.369 e. The van der Waals surface area contributed by atoms with Gasteiger partial charge in [0.05, 0.1) is 11.3 Å². The molecule has 6 nitrogen and oxygen atoms in total. The zero-order chi connectivity index (χ0) is 19.2. The van der Waals surface area contributed by atoms with Gasteiger partial charge in [-0.2, -0.15) is 0 Å². The second-order valence-corrected chi connectivity index (χ2v) is 7.44. The molecule has 1 aliphatic rings. The van der Waals surface area contributed by atoms with Crippen LogP contribution < -0.4 is 10.6 Å². The van der Waals surface area contributed by atoms with Crippen molar-refractivity contribution >= 4 is 11.7 Å². The quantitative estimate of drug-likeness (QED) is 0.821. The molecule has 0 fully saturated rings. The van der Waals surface area contributed by atoms with Crippen molar-refractivity contribution in [2.75, 3.05) is 32.0 Å². The molecule has 27 heavy (non-hydrogen) atoms. The molecule has 0 radical (unpaired) electrons. The summed E-state index contributed by atoms with van der Waals surface area (Å²) in [5, 5.41) is 6.09. The standard InChI is InChI=1S/C21H29N5O/c1-15(2)13-24-20-18(21(27)22-3)12-16-7-10-26(11-8-19(16)25-20)14-17-6-4-5-9-23-17/h4-6,9,12,15H,7-8,10-11,13-14H2,1-3H3,(H,22,27)(H,24,25). The highest BCUT2D eigenvalue weighted by Gasteiger charge is 2.20. The highest BCUT2D eigenvalue weighted by atomic mass is 16.1. The maximum atomic E-state index is 12.3. The third-order valence-electron chi connectivity index (χ3n) is 4.81. The van der Waals surface area contributed by atoms with Crippen LogP contribution in [0, 0.1) is 5.92 Å². The fourth-order valence-corrected chi connectivity index (χ4v) is 3.30. The van der Waals surface area contributed by atoms with Crippen molar-refractivity contribution in [1.29, 1.82) is 0 Å². The Kier molecular flexibility index (Phi) is 6.40. The first kappa shape index (κ1) is 19.3. The predicted octanol–water partition coefficient (Wildman–Crippen LogP) is 2.50. The lowest BCUT2D eigenvalue weighted by Gasteiger charge is -2.18. The second-order valence-electron chi connectivity index (χ2n) is 7.44. The van der Waals surface area contributed by atoms with Crippen LogP contribution in [0.15, 0.2) is 30.5 Å². The smallest absolute Gasteiger partial charge is 0.254 e. The van der Waals surface area contributed by atoms with Gasteiger partial charge in [0.1, 0.15) is 5.82 Å². The average molecular weight is 367 g/mol. The minimum absolute atomic E-state index is 0.0915. The molecule has 0 unspecified atom stereocenters. The van der Waals surface area contributed by atoms with Crippen molar-refractivity contribution in [2.24, 2.45) is 5.92 Å². The van der Waals surface area contributed by atoms with E-state index < -0.39 is 0 Å². The largest absolute Gasteiger partial charge is 0.369 e. The van der Waals surface area contributed by atoms with Crippen molar-refractivity contribution < 1.29 is 4.79 Å². The first-order valence-corrected chi connectivity index (χ1v) is 9.68. The summed E-state index contributed by atoms with van der Waals surface area (Å²) in [7, 11) is 1.66. The summed E-state index contributed by atoms with van der Waals surface area (Å²) in [6, 6.07) is 8.05. The van der Waals surface area contributed by atoms with Crippen LogP contribution in [0.5, 0.6) is 0 Å². The predicted molar refractivity (Wildman–Crippen MR) is 108 cm³/mol. The maximum absolute atomic E-state index is 12.3. The molecule has 2 N–H and O–H groups in total. The van der Waals surface area contributed by atoms with E-state index in [0.717, 1.165) is 50.4 Å². The molecule has 1 aliphatic heterocycles. The Morgan fingerprint density at radius 3 is 2.78 bits per heavy atom. The van der Waals surface area contributed by atoms with Gasteiger partial charge < -0.3 is 10.6 Å². The molecular weight excluding hydrogens is 338 g/mol. The number of carbonyl (C=O) groups is 1. The number of fused-ring (bicyclic) bond motifs is 1. The van der Waals surface area contributed by atoms with E-state index >= 15 is 0 Å². The maximum Gasteiger partial charge on any atom is 0.254 e. The normalized spacial score (nSPS) is 14.5. The molecular formula is C21H29N5O. The van der Waals surface area contributed by atoms with Crippen molar-refractivity contribution in [3.8, 4) is 0 Å². The van der Waals surface area contributed by atoms with E-state index in [1.54, 1.807) is 7.05 Å². The summed E-state index contributed by atoms with van der Waals surface area (Å²) in [5.74, 6) is 1.09. The number of hydrogen-bond donors (Lipinski definition) is 2. The summed E-state index contributed by atoms with van der Waals surface area (Å²) in [4.78, 5) is 24.0. The number of nitrogens with zero attached hydrogens (tertiary/aromatic N) is 3. The molecule has 6 heteroatoms. The van der Waals surface area contributed by atoms with E-state index in [2.05, 4.69) is 40.4 Å². The first-order valence-electron chi connectivity index (χ1n) is 9.68. The molecule has 0 aliphatic carbocycles. The molecule has 1 amide bonds. The van der Waals surface area contributed by atoms with Gasteiger partial charge in [0.2, 0.25) is 0 Å². The molecule has 0 aromatic carbocycles. The Hall–Kier alpha value is -2.47. The van der Waals surface area contributed by atoms with Crippen LogP contribution in [0.2, 0.25) is 0 Å². The van der Waals surface area contributed by atoms with E-state index in [9.17, 15) is 4.79 Å². The molecule has 3 rings (SSSR count). The third kappa shape index (κ3) is 5.04. The molecule has 0 saturated heterocycles. The van der Waals surface area contributed by atoms with Crippen LogP contribution in [0.3, 0.4) is 0 Å². The molecule has 0 spiro atoms. The number of aromatic nitrogens is 2. The summed E-state index contributed by atoms with van der Waals surface area (Å²) in [6.45, 7) is 7.81. The lowest BCUT2D eigenvalue weighted by atomic mass is 10.0. The fourth-order valence-electron chi connectivity index (χ4n) is 3.30. The highest BCUT2D eigenvalue weighted by Crippen LogP contribution is 2.22. The van der Waals surface area contributed by atoms with Crippen LogP contribution in [-0.2, 0) is 19.4 Å². The molecule has 144 valence electrons. The summed E-state index contributed by atoms with van der Waals surface area (Å²) in [6.07, 6.45) is 3.61. The topological polar surface area (TPSA) is 70.2 Å². The first-order chi connectivity index (χ1) is 13.1. The number of nitrogens with one attached hydrogen (secondary N) is 2. The van der Waals surface area contributed by atoms with Gasteiger partial charge in [-0.1, -0.05) is 19.9 Å². The Balaban J connectivity index is 1.79. The van der Waals surface area contributed by atoms with Crippen molar-refractivity contribution in [3.05, 3.63) is 53.0 Å². The van der Waals surface area contributed by atoms with Crippen molar-refractivity contribution in [1.82, 2.24) is 20.2 Å². The highest BCUT2D eigenvalue weighted by molar-refractivity contribution is 5.98. The van der Waals surface area contributed by atoms with Gasteiger partial charge in [0.15, 0.2) is 0 Å². The van der Waals surface area contributed by atoms with Crippen LogP contribution >= 0.6 is 0 Å². The van der Waals surface area contributed by atoms with E-state index in [1.807, 2.05) is 24.4 Å².